The molecule has 0 N–H and O–H groups in total. The molecule has 0 aromatic carbocycles. The molecule has 0 spiro atoms. The number of allylic oxidation sites excluding steroid dienone is 2. The van der Waals surface area contributed by atoms with Crippen LogP contribution in [0.4, 0.5) is 4.39 Å². The van der Waals surface area contributed by atoms with Crippen LogP contribution in [-0.2, 0) is 4.74 Å². The van der Waals surface area contributed by atoms with Gasteiger partial charge in [0.05, 0.1) is 5.60 Å². The Morgan fingerprint density at radius 3 is 2.91 bits per heavy atom. The minimum Gasteiger partial charge on any atom is -0.371 e. The van der Waals surface area contributed by atoms with E-state index in [1.165, 1.54) is 6.08 Å². The van der Waals surface area contributed by atoms with Crippen LogP contribution in [0.2, 0.25) is 0 Å². The van der Waals surface area contributed by atoms with Gasteiger partial charge in [-0.05, 0) is 32.1 Å². The standard InChI is InChI=1S/C9H13FO/c1-3-11-9(2)6-4-8(10)5-7-9/h4-6H,3,7H2,1-2H3. The highest BCUT2D eigenvalue weighted by Gasteiger charge is 2.22. The highest BCUT2D eigenvalue weighted by Crippen LogP contribution is 2.24. The highest BCUT2D eigenvalue weighted by atomic mass is 19.1. The van der Waals surface area contributed by atoms with Crippen LogP contribution in [0.1, 0.15) is 20.3 Å². The average Bonchev–Trinajstić information content (AvgIpc) is 1.97. The molecule has 1 rings (SSSR count). The van der Waals surface area contributed by atoms with E-state index in [0.717, 1.165) is 0 Å². The number of hydrogen-bond donors (Lipinski definition) is 0. The van der Waals surface area contributed by atoms with E-state index in [9.17, 15) is 4.39 Å². The Bertz CT molecular complexity index is 196. The van der Waals surface area contributed by atoms with E-state index in [1.54, 1.807) is 12.2 Å². The van der Waals surface area contributed by atoms with E-state index in [2.05, 4.69) is 0 Å². The summed E-state index contributed by atoms with van der Waals surface area (Å²) >= 11 is 0. The van der Waals surface area contributed by atoms with Crippen molar-refractivity contribution in [3.8, 4) is 0 Å². The van der Waals surface area contributed by atoms with Gasteiger partial charge >= 0.3 is 0 Å². The van der Waals surface area contributed by atoms with Gasteiger partial charge in [0.2, 0.25) is 0 Å². The third-order valence-electron chi connectivity index (χ3n) is 1.77. The minimum atomic E-state index is -0.287. The molecule has 0 aliphatic heterocycles. The van der Waals surface area contributed by atoms with E-state index in [-0.39, 0.29) is 11.4 Å². The summed E-state index contributed by atoms with van der Waals surface area (Å²) in [6, 6.07) is 0. The van der Waals surface area contributed by atoms with Crippen molar-refractivity contribution < 1.29 is 9.13 Å². The Labute approximate surface area is 66.6 Å². The fourth-order valence-electron chi connectivity index (χ4n) is 1.13. The quantitative estimate of drug-likeness (QED) is 0.597. The molecule has 1 unspecified atom stereocenters. The smallest absolute Gasteiger partial charge is 0.119 e. The Morgan fingerprint density at radius 1 is 1.73 bits per heavy atom. The van der Waals surface area contributed by atoms with Crippen molar-refractivity contribution >= 4 is 0 Å². The van der Waals surface area contributed by atoms with Crippen LogP contribution in [-0.4, -0.2) is 12.2 Å². The van der Waals surface area contributed by atoms with Gasteiger partial charge in [-0.2, -0.15) is 0 Å². The lowest BCUT2D eigenvalue weighted by Gasteiger charge is -2.26. The zero-order chi connectivity index (χ0) is 8.32. The van der Waals surface area contributed by atoms with Gasteiger partial charge in [0.1, 0.15) is 5.83 Å². The van der Waals surface area contributed by atoms with Gasteiger partial charge in [0, 0.05) is 13.0 Å². The van der Waals surface area contributed by atoms with E-state index in [1.807, 2.05) is 13.8 Å². The summed E-state index contributed by atoms with van der Waals surface area (Å²) in [4.78, 5) is 0. The SMILES string of the molecule is CCOC1(C)C=CC(F)=CC1. The second kappa shape index (κ2) is 3.18. The third-order valence-corrected chi connectivity index (χ3v) is 1.77. The number of halogens is 1. The zero-order valence-electron chi connectivity index (χ0n) is 6.93. The van der Waals surface area contributed by atoms with Gasteiger partial charge in [-0.1, -0.05) is 0 Å². The zero-order valence-corrected chi connectivity index (χ0v) is 6.93. The Morgan fingerprint density at radius 2 is 2.45 bits per heavy atom. The molecule has 0 amide bonds. The molecule has 1 atom stereocenters. The van der Waals surface area contributed by atoms with Crippen LogP contribution in [0.3, 0.4) is 0 Å². The van der Waals surface area contributed by atoms with Crippen molar-refractivity contribution in [1.29, 1.82) is 0 Å². The Hall–Kier alpha value is -0.630. The first-order valence-corrected chi connectivity index (χ1v) is 3.85. The van der Waals surface area contributed by atoms with Gasteiger partial charge < -0.3 is 4.74 Å². The molecule has 0 bridgehead atoms. The molecule has 1 nitrogen and oxygen atoms in total. The monoisotopic (exact) mass is 156 g/mol. The third kappa shape index (κ3) is 2.15. The molecule has 0 fully saturated rings. The van der Waals surface area contributed by atoms with Gasteiger partial charge in [-0.3, -0.25) is 0 Å². The van der Waals surface area contributed by atoms with E-state index in [4.69, 9.17) is 4.74 Å². The van der Waals surface area contributed by atoms with Crippen LogP contribution in [0, 0.1) is 0 Å². The predicted molar refractivity (Wildman–Crippen MR) is 43.0 cm³/mol. The maximum atomic E-state index is 12.5. The van der Waals surface area contributed by atoms with Crippen molar-refractivity contribution in [3.05, 3.63) is 24.1 Å². The first-order valence-electron chi connectivity index (χ1n) is 3.85. The Kier molecular flexibility index (Phi) is 2.45. The fraction of sp³-hybridized carbons (Fsp3) is 0.556. The summed E-state index contributed by atoms with van der Waals surface area (Å²) in [6.45, 7) is 4.56. The molecule has 62 valence electrons. The van der Waals surface area contributed by atoms with Crippen molar-refractivity contribution in [2.45, 2.75) is 25.9 Å². The van der Waals surface area contributed by atoms with Crippen LogP contribution in [0.5, 0.6) is 0 Å². The van der Waals surface area contributed by atoms with Crippen molar-refractivity contribution in [2.24, 2.45) is 0 Å². The van der Waals surface area contributed by atoms with Crippen molar-refractivity contribution in [1.82, 2.24) is 0 Å². The lowest BCUT2D eigenvalue weighted by molar-refractivity contribution is 0.0146. The minimum absolute atomic E-state index is 0.165. The van der Waals surface area contributed by atoms with Crippen LogP contribution in [0.15, 0.2) is 24.1 Å². The molecule has 1 aliphatic carbocycles. The molecule has 0 aromatic rings. The summed E-state index contributed by atoms with van der Waals surface area (Å²) in [5, 5.41) is 0. The Balaban J connectivity index is 2.58. The summed E-state index contributed by atoms with van der Waals surface area (Å²) in [5.74, 6) is -0.165. The summed E-state index contributed by atoms with van der Waals surface area (Å²) in [6.07, 6.45) is 5.41. The molecular formula is C9H13FO. The molecule has 11 heavy (non-hydrogen) atoms. The van der Waals surface area contributed by atoms with Crippen LogP contribution >= 0.6 is 0 Å². The average molecular weight is 156 g/mol. The normalized spacial score (nSPS) is 30.3. The molecule has 0 saturated heterocycles. The molecule has 0 aromatic heterocycles. The fourth-order valence-corrected chi connectivity index (χ4v) is 1.13. The first-order chi connectivity index (χ1) is 5.16. The predicted octanol–water partition coefficient (Wildman–Crippen LogP) is 2.59. The number of ether oxygens (including phenoxy) is 1. The van der Waals surface area contributed by atoms with E-state index in [0.29, 0.717) is 13.0 Å². The van der Waals surface area contributed by atoms with Crippen LogP contribution in [0.25, 0.3) is 0 Å². The van der Waals surface area contributed by atoms with E-state index >= 15 is 0 Å². The van der Waals surface area contributed by atoms with Gasteiger partial charge in [-0.15, -0.1) is 0 Å². The van der Waals surface area contributed by atoms with Crippen molar-refractivity contribution in [2.75, 3.05) is 6.61 Å². The molecule has 0 radical (unpaired) electrons. The lowest BCUT2D eigenvalue weighted by Crippen LogP contribution is -2.26. The van der Waals surface area contributed by atoms with Gasteiger partial charge in [0.15, 0.2) is 0 Å². The molecule has 1 aliphatic rings. The second-order valence-corrected chi connectivity index (χ2v) is 2.87. The maximum absolute atomic E-state index is 12.5. The highest BCUT2D eigenvalue weighted by molar-refractivity contribution is 5.22. The van der Waals surface area contributed by atoms with E-state index < -0.39 is 0 Å². The summed E-state index contributed by atoms with van der Waals surface area (Å²) < 4.78 is 17.9. The molecule has 0 saturated carbocycles. The van der Waals surface area contributed by atoms with Gasteiger partial charge in [0.25, 0.3) is 0 Å². The molecular weight excluding hydrogens is 143 g/mol. The van der Waals surface area contributed by atoms with Crippen molar-refractivity contribution in [3.63, 3.8) is 0 Å². The topological polar surface area (TPSA) is 9.23 Å². The lowest BCUT2D eigenvalue weighted by atomic mass is 9.97. The first kappa shape index (κ1) is 8.47. The molecule has 2 heteroatoms. The molecule has 0 heterocycles. The van der Waals surface area contributed by atoms with Gasteiger partial charge in [-0.25, -0.2) is 4.39 Å². The summed E-state index contributed by atoms with van der Waals surface area (Å²) in [7, 11) is 0. The maximum Gasteiger partial charge on any atom is 0.119 e. The largest absolute Gasteiger partial charge is 0.371 e. The van der Waals surface area contributed by atoms with Crippen LogP contribution < -0.4 is 0 Å². The number of hydrogen-bond acceptors (Lipinski definition) is 1. The number of rotatable bonds is 2. The second-order valence-electron chi connectivity index (χ2n) is 2.87. The summed E-state index contributed by atoms with van der Waals surface area (Å²) in [5.41, 5.74) is -0.287.